The normalized spacial score (nSPS) is 11.6. The Kier molecular flexibility index (Phi) is 4.15. The van der Waals surface area contributed by atoms with E-state index in [9.17, 15) is 0 Å². The molecule has 2 aromatic rings. The van der Waals surface area contributed by atoms with Gasteiger partial charge in [0.2, 0.25) is 0 Å². The average molecular weight is 251 g/mol. The fourth-order valence-corrected chi connectivity index (χ4v) is 1.76. The smallest absolute Gasteiger partial charge is 0.144 e. The van der Waals surface area contributed by atoms with Gasteiger partial charge < -0.3 is 5.32 Å². The van der Waals surface area contributed by atoms with Crippen molar-refractivity contribution in [2.45, 2.75) is 26.3 Å². The molecule has 2 rings (SSSR count). The fraction of sp³-hybridized carbons (Fsp3) is 0.250. The predicted octanol–water partition coefficient (Wildman–Crippen LogP) is 3.83. The molecule has 0 aliphatic carbocycles. The van der Waals surface area contributed by atoms with E-state index >= 15 is 0 Å². The third kappa shape index (κ3) is 3.11. The van der Waals surface area contributed by atoms with E-state index in [1.807, 2.05) is 42.5 Å². The standard InChI is InChI=1S/C16H17N3/c1-3-12(2)18-16-14(11-17)9-10-15(19-16)13-7-5-4-6-8-13/h4-10,12H,3H2,1-2H3,(H,18,19). The quantitative estimate of drug-likeness (QED) is 0.898. The van der Waals surface area contributed by atoms with E-state index in [0.29, 0.717) is 17.4 Å². The maximum Gasteiger partial charge on any atom is 0.144 e. The van der Waals surface area contributed by atoms with Crippen LogP contribution in [0.25, 0.3) is 11.3 Å². The summed E-state index contributed by atoms with van der Waals surface area (Å²) in [6.07, 6.45) is 0.988. The summed E-state index contributed by atoms with van der Waals surface area (Å²) in [6.45, 7) is 4.18. The Morgan fingerprint density at radius 2 is 1.95 bits per heavy atom. The van der Waals surface area contributed by atoms with E-state index in [4.69, 9.17) is 5.26 Å². The lowest BCUT2D eigenvalue weighted by Gasteiger charge is -2.14. The molecule has 0 saturated carbocycles. The third-order valence-electron chi connectivity index (χ3n) is 3.08. The van der Waals surface area contributed by atoms with E-state index in [1.165, 1.54) is 0 Å². The van der Waals surface area contributed by atoms with Crippen LogP contribution in [0.4, 0.5) is 5.82 Å². The molecule has 0 saturated heterocycles. The number of hydrogen-bond acceptors (Lipinski definition) is 3. The van der Waals surface area contributed by atoms with E-state index in [0.717, 1.165) is 17.7 Å². The number of aromatic nitrogens is 1. The summed E-state index contributed by atoms with van der Waals surface area (Å²) in [5.74, 6) is 0.665. The Morgan fingerprint density at radius 3 is 2.58 bits per heavy atom. The lowest BCUT2D eigenvalue weighted by Crippen LogP contribution is -2.15. The summed E-state index contributed by atoms with van der Waals surface area (Å²) in [5, 5.41) is 12.4. The Labute approximate surface area is 113 Å². The van der Waals surface area contributed by atoms with Crippen molar-refractivity contribution in [3.8, 4) is 17.3 Å². The van der Waals surface area contributed by atoms with Crippen LogP contribution in [0.15, 0.2) is 42.5 Å². The number of nitriles is 1. The zero-order chi connectivity index (χ0) is 13.7. The zero-order valence-corrected chi connectivity index (χ0v) is 11.2. The van der Waals surface area contributed by atoms with Gasteiger partial charge in [0.05, 0.1) is 11.3 Å². The molecule has 0 bridgehead atoms. The largest absolute Gasteiger partial charge is 0.367 e. The SMILES string of the molecule is CCC(C)Nc1nc(-c2ccccc2)ccc1C#N. The van der Waals surface area contributed by atoms with Crippen molar-refractivity contribution in [2.75, 3.05) is 5.32 Å². The lowest BCUT2D eigenvalue weighted by atomic mass is 10.1. The van der Waals surface area contributed by atoms with Crippen molar-refractivity contribution < 1.29 is 0 Å². The van der Waals surface area contributed by atoms with Crippen LogP contribution in [0.5, 0.6) is 0 Å². The number of hydrogen-bond donors (Lipinski definition) is 1. The molecule has 0 spiro atoms. The first-order chi connectivity index (χ1) is 9.24. The molecule has 0 radical (unpaired) electrons. The molecule has 96 valence electrons. The monoisotopic (exact) mass is 251 g/mol. The van der Waals surface area contributed by atoms with Gasteiger partial charge in [-0.2, -0.15) is 5.26 Å². The molecule has 1 aromatic heterocycles. The van der Waals surface area contributed by atoms with Gasteiger partial charge in [-0.1, -0.05) is 37.3 Å². The average Bonchev–Trinajstić information content (AvgIpc) is 2.48. The second-order valence-electron chi connectivity index (χ2n) is 4.52. The number of rotatable bonds is 4. The van der Waals surface area contributed by atoms with Gasteiger partial charge in [-0.3, -0.25) is 0 Å². The topological polar surface area (TPSA) is 48.7 Å². The fourth-order valence-electron chi connectivity index (χ4n) is 1.76. The molecule has 1 unspecified atom stereocenters. The Morgan fingerprint density at radius 1 is 1.21 bits per heavy atom. The minimum Gasteiger partial charge on any atom is -0.367 e. The second kappa shape index (κ2) is 6.01. The summed E-state index contributed by atoms with van der Waals surface area (Å²) >= 11 is 0. The third-order valence-corrected chi connectivity index (χ3v) is 3.08. The highest BCUT2D eigenvalue weighted by Gasteiger charge is 2.08. The Balaban J connectivity index is 2.39. The maximum absolute atomic E-state index is 9.14. The second-order valence-corrected chi connectivity index (χ2v) is 4.52. The van der Waals surface area contributed by atoms with Crippen molar-refractivity contribution in [3.63, 3.8) is 0 Å². The highest BCUT2D eigenvalue weighted by Crippen LogP contribution is 2.21. The van der Waals surface area contributed by atoms with Gasteiger partial charge in [0.25, 0.3) is 0 Å². The van der Waals surface area contributed by atoms with Crippen LogP contribution in [-0.4, -0.2) is 11.0 Å². The molecule has 1 N–H and O–H groups in total. The van der Waals surface area contributed by atoms with Gasteiger partial charge in [-0.25, -0.2) is 4.98 Å². The molecule has 0 aliphatic rings. The lowest BCUT2D eigenvalue weighted by molar-refractivity contribution is 0.759. The van der Waals surface area contributed by atoms with Crippen LogP contribution < -0.4 is 5.32 Å². The van der Waals surface area contributed by atoms with Crippen molar-refractivity contribution in [1.82, 2.24) is 4.98 Å². The van der Waals surface area contributed by atoms with Crippen LogP contribution in [0.2, 0.25) is 0 Å². The summed E-state index contributed by atoms with van der Waals surface area (Å²) in [5.41, 5.74) is 2.52. The number of benzene rings is 1. The van der Waals surface area contributed by atoms with Crippen LogP contribution in [0.3, 0.4) is 0 Å². The van der Waals surface area contributed by atoms with Crippen LogP contribution >= 0.6 is 0 Å². The minimum absolute atomic E-state index is 0.297. The van der Waals surface area contributed by atoms with Crippen molar-refractivity contribution >= 4 is 5.82 Å². The van der Waals surface area contributed by atoms with Crippen LogP contribution in [0.1, 0.15) is 25.8 Å². The number of pyridine rings is 1. The zero-order valence-electron chi connectivity index (χ0n) is 11.2. The van der Waals surface area contributed by atoms with E-state index in [-0.39, 0.29) is 0 Å². The van der Waals surface area contributed by atoms with Crippen molar-refractivity contribution in [3.05, 3.63) is 48.0 Å². The van der Waals surface area contributed by atoms with Gasteiger partial charge in [-0.15, -0.1) is 0 Å². The summed E-state index contributed by atoms with van der Waals surface area (Å²) in [7, 11) is 0. The highest BCUT2D eigenvalue weighted by atomic mass is 15.0. The van der Waals surface area contributed by atoms with Crippen molar-refractivity contribution in [1.29, 1.82) is 5.26 Å². The molecule has 0 fully saturated rings. The minimum atomic E-state index is 0.297. The first-order valence-corrected chi connectivity index (χ1v) is 6.47. The van der Waals surface area contributed by atoms with Gasteiger partial charge >= 0.3 is 0 Å². The number of anilines is 1. The molecule has 1 atom stereocenters. The van der Waals surface area contributed by atoms with Crippen LogP contribution in [0, 0.1) is 11.3 Å². The van der Waals surface area contributed by atoms with Gasteiger partial charge in [-0.05, 0) is 25.5 Å². The number of nitrogens with zero attached hydrogens (tertiary/aromatic N) is 2. The molecule has 0 amide bonds. The molecule has 19 heavy (non-hydrogen) atoms. The predicted molar refractivity (Wildman–Crippen MR) is 77.8 cm³/mol. The highest BCUT2D eigenvalue weighted by molar-refractivity contribution is 5.64. The molecule has 1 heterocycles. The maximum atomic E-state index is 9.14. The van der Waals surface area contributed by atoms with Gasteiger partial charge in [0, 0.05) is 11.6 Å². The summed E-state index contributed by atoms with van der Waals surface area (Å²) < 4.78 is 0. The molecular weight excluding hydrogens is 234 g/mol. The van der Waals surface area contributed by atoms with Crippen molar-refractivity contribution in [2.24, 2.45) is 0 Å². The Hall–Kier alpha value is -2.34. The molecule has 0 aliphatic heterocycles. The molecular formula is C16H17N3. The summed E-state index contributed by atoms with van der Waals surface area (Å²) in [4.78, 5) is 4.57. The Bertz CT molecular complexity index is 585. The first-order valence-electron chi connectivity index (χ1n) is 6.47. The first kappa shape index (κ1) is 13.1. The summed E-state index contributed by atoms with van der Waals surface area (Å²) in [6, 6.07) is 16.2. The number of nitrogens with one attached hydrogen (secondary N) is 1. The van der Waals surface area contributed by atoms with Gasteiger partial charge in [0.1, 0.15) is 11.9 Å². The molecule has 1 aromatic carbocycles. The molecule has 3 heteroatoms. The van der Waals surface area contributed by atoms with E-state index in [2.05, 4.69) is 30.2 Å². The molecule has 3 nitrogen and oxygen atoms in total. The van der Waals surface area contributed by atoms with Gasteiger partial charge in [0.15, 0.2) is 0 Å². The van der Waals surface area contributed by atoms with Crippen LogP contribution in [-0.2, 0) is 0 Å². The van der Waals surface area contributed by atoms with E-state index in [1.54, 1.807) is 0 Å². The van der Waals surface area contributed by atoms with E-state index < -0.39 is 0 Å².